The van der Waals surface area contributed by atoms with E-state index in [2.05, 4.69) is 27.7 Å². The van der Waals surface area contributed by atoms with Crippen molar-refractivity contribution in [3.05, 3.63) is 13.8 Å². The summed E-state index contributed by atoms with van der Waals surface area (Å²) in [6.45, 7) is 12.5. The summed E-state index contributed by atoms with van der Waals surface area (Å²) < 4.78 is 0. The lowest BCUT2D eigenvalue weighted by Crippen LogP contribution is -1.97. The van der Waals surface area contributed by atoms with Crippen molar-refractivity contribution in [1.82, 2.24) is 0 Å². The summed E-state index contributed by atoms with van der Waals surface area (Å²) in [5, 5.41) is 0. The van der Waals surface area contributed by atoms with Gasteiger partial charge in [-0.3, -0.25) is 0 Å². The van der Waals surface area contributed by atoms with Gasteiger partial charge in [0.1, 0.15) is 0 Å². The van der Waals surface area contributed by atoms with Crippen molar-refractivity contribution in [3.63, 3.8) is 0 Å². The van der Waals surface area contributed by atoms with E-state index in [4.69, 9.17) is 0 Å². The summed E-state index contributed by atoms with van der Waals surface area (Å²) in [6, 6.07) is 0. The van der Waals surface area contributed by atoms with Crippen molar-refractivity contribution in [2.24, 2.45) is 11.8 Å². The van der Waals surface area contributed by atoms with Crippen LogP contribution in [0.3, 0.4) is 0 Å². The molecular weight excluding hydrogens is 168 g/mol. The van der Waals surface area contributed by atoms with Crippen LogP contribution in [0, 0.1) is 25.7 Å². The third-order valence-corrected chi connectivity index (χ3v) is 3.04. The summed E-state index contributed by atoms with van der Waals surface area (Å²) in [4.78, 5) is 0. The summed E-state index contributed by atoms with van der Waals surface area (Å²) in [5.41, 5.74) is 0. The van der Waals surface area contributed by atoms with Crippen LogP contribution in [-0.2, 0) is 0 Å². The van der Waals surface area contributed by atoms with E-state index in [0.717, 1.165) is 24.7 Å². The van der Waals surface area contributed by atoms with Gasteiger partial charge < -0.3 is 0 Å². The largest absolute Gasteiger partial charge is 0.0625 e. The third-order valence-electron chi connectivity index (χ3n) is 3.04. The van der Waals surface area contributed by atoms with Gasteiger partial charge in [0, 0.05) is 0 Å². The topological polar surface area (TPSA) is 0 Å². The molecule has 0 aromatic heterocycles. The molecule has 0 rings (SSSR count). The maximum absolute atomic E-state index is 3.90. The Balaban J connectivity index is 3.19. The van der Waals surface area contributed by atoms with Gasteiger partial charge in [0.2, 0.25) is 0 Å². The Bertz CT molecular complexity index is 92.6. The van der Waals surface area contributed by atoms with E-state index in [1.165, 1.54) is 38.5 Å². The van der Waals surface area contributed by atoms with E-state index in [1.807, 2.05) is 0 Å². The van der Waals surface area contributed by atoms with E-state index in [1.54, 1.807) is 0 Å². The molecule has 0 aliphatic carbocycles. The first-order valence-corrected chi connectivity index (χ1v) is 6.29. The Morgan fingerprint density at radius 2 is 1.07 bits per heavy atom. The zero-order valence-corrected chi connectivity index (χ0v) is 10.2. The van der Waals surface area contributed by atoms with E-state index in [9.17, 15) is 0 Å². The van der Waals surface area contributed by atoms with Gasteiger partial charge in [-0.2, -0.15) is 0 Å². The molecule has 84 valence electrons. The molecule has 0 aliphatic heterocycles. The first-order chi connectivity index (χ1) is 6.70. The molecule has 0 nitrogen and oxygen atoms in total. The fourth-order valence-electron chi connectivity index (χ4n) is 1.97. The second-order valence-electron chi connectivity index (χ2n) is 4.78. The fraction of sp³-hybridized carbons (Fsp3) is 0.857. The highest BCUT2D eigenvalue weighted by atomic mass is 14.1. The number of unbranched alkanes of at least 4 members (excludes halogenated alkanes) is 1. The highest BCUT2D eigenvalue weighted by molar-refractivity contribution is 4.58. The van der Waals surface area contributed by atoms with Gasteiger partial charge in [-0.1, -0.05) is 79.1 Å². The van der Waals surface area contributed by atoms with E-state index in [0.29, 0.717) is 0 Å². The monoisotopic (exact) mass is 196 g/mol. The minimum atomic E-state index is 0.885. The van der Waals surface area contributed by atoms with Crippen molar-refractivity contribution < 1.29 is 0 Å². The molecule has 0 heteroatoms. The first-order valence-electron chi connectivity index (χ1n) is 6.29. The average Bonchev–Trinajstić information content (AvgIpc) is 2.13. The zero-order chi connectivity index (χ0) is 10.8. The third kappa shape index (κ3) is 8.59. The van der Waals surface area contributed by atoms with Crippen LogP contribution in [0.1, 0.15) is 65.2 Å². The van der Waals surface area contributed by atoms with Crippen LogP contribution >= 0.6 is 0 Å². The van der Waals surface area contributed by atoms with Gasteiger partial charge in [0.05, 0.1) is 0 Å². The second kappa shape index (κ2) is 9.55. The second-order valence-corrected chi connectivity index (χ2v) is 4.78. The quantitative estimate of drug-likeness (QED) is 0.453. The molecule has 0 aliphatic rings. The Labute approximate surface area is 91.5 Å². The number of hydrogen-bond acceptors (Lipinski definition) is 0. The molecular formula is C14H28. The smallest absolute Gasteiger partial charge is 0.0443 e. The zero-order valence-electron chi connectivity index (χ0n) is 10.2. The van der Waals surface area contributed by atoms with Crippen molar-refractivity contribution in [1.29, 1.82) is 0 Å². The average molecular weight is 196 g/mol. The summed E-state index contributed by atoms with van der Waals surface area (Å²) in [6.07, 6.45) is 10.4. The van der Waals surface area contributed by atoms with Crippen LogP contribution < -0.4 is 0 Å². The molecule has 0 N–H and O–H groups in total. The summed E-state index contributed by atoms with van der Waals surface area (Å²) >= 11 is 0. The Hall–Kier alpha value is 0. The molecule has 0 saturated heterocycles. The van der Waals surface area contributed by atoms with Crippen molar-refractivity contribution in [2.75, 3.05) is 0 Å². The van der Waals surface area contributed by atoms with Crippen LogP contribution in [0.4, 0.5) is 0 Å². The predicted molar refractivity (Wildman–Crippen MR) is 66.0 cm³/mol. The minimum Gasteiger partial charge on any atom is -0.0625 e. The van der Waals surface area contributed by atoms with Crippen molar-refractivity contribution >= 4 is 0 Å². The van der Waals surface area contributed by atoms with E-state index >= 15 is 0 Å². The van der Waals surface area contributed by atoms with Crippen LogP contribution in [0.2, 0.25) is 0 Å². The highest BCUT2D eigenvalue weighted by Gasteiger charge is 2.03. The highest BCUT2D eigenvalue weighted by Crippen LogP contribution is 2.18. The predicted octanol–water partition coefficient (Wildman–Crippen LogP) is 5.05. The SMILES string of the molecule is [CH2]CCC(C)CCCCC(C)CC[CH2]. The van der Waals surface area contributed by atoms with Gasteiger partial charge in [-0.15, -0.1) is 0 Å². The minimum absolute atomic E-state index is 0.885. The fourth-order valence-corrected chi connectivity index (χ4v) is 1.97. The molecule has 0 aromatic rings. The molecule has 2 radical (unpaired) electrons. The molecule has 0 heterocycles. The lowest BCUT2D eigenvalue weighted by atomic mass is 9.95. The van der Waals surface area contributed by atoms with Gasteiger partial charge in [-0.25, -0.2) is 0 Å². The maximum atomic E-state index is 3.90. The van der Waals surface area contributed by atoms with E-state index in [-0.39, 0.29) is 0 Å². The van der Waals surface area contributed by atoms with Crippen LogP contribution in [-0.4, -0.2) is 0 Å². The molecule has 2 atom stereocenters. The molecule has 0 saturated carbocycles. The Morgan fingerprint density at radius 1 is 0.714 bits per heavy atom. The summed E-state index contributed by atoms with van der Waals surface area (Å²) in [5.74, 6) is 1.77. The van der Waals surface area contributed by atoms with Crippen LogP contribution in [0.5, 0.6) is 0 Å². The lowest BCUT2D eigenvalue weighted by molar-refractivity contribution is 0.423. The molecule has 0 bridgehead atoms. The molecule has 14 heavy (non-hydrogen) atoms. The molecule has 0 aromatic carbocycles. The number of hydrogen-bond donors (Lipinski definition) is 0. The van der Waals surface area contributed by atoms with Crippen molar-refractivity contribution in [2.45, 2.75) is 65.2 Å². The van der Waals surface area contributed by atoms with Gasteiger partial charge in [-0.05, 0) is 11.8 Å². The van der Waals surface area contributed by atoms with Gasteiger partial charge in [0.25, 0.3) is 0 Å². The van der Waals surface area contributed by atoms with Crippen molar-refractivity contribution in [3.8, 4) is 0 Å². The number of rotatable bonds is 9. The first kappa shape index (κ1) is 14.0. The summed E-state index contributed by atoms with van der Waals surface area (Å²) in [7, 11) is 0. The van der Waals surface area contributed by atoms with Gasteiger partial charge >= 0.3 is 0 Å². The Morgan fingerprint density at radius 3 is 1.36 bits per heavy atom. The Kier molecular flexibility index (Phi) is 9.55. The molecule has 0 fully saturated rings. The molecule has 2 unspecified atom stereocenters. The molecule has 0 amide bonds. The normalized spacial score (nSPS) is 15.4. The standard InChI is InChI=1S/C14H28/c1-5-9-13(3)11-7-8-12-14(4)10-6-2/h13-14H,1-2,5-12H2,3-4H3. The van der Waals surface area contributed by atoms with E-state index < -0.39 is 0 Å². The lowest BCUT2D eigenvalue weighted by Gasteiger charge is -2.12. The van der Waals surface area contributed by atoms with Crippen LogP contribution in [0.15, 0.2) is 0 Å². The van der Waals surface area contributed by atoms with Gasteiger partial charge in [0.15, 0.2) is 0 Å². The molecule has 0 spiro atoms. The van der Waals surface area contributed by atoms with Crippen LogP contribution in [0.25, 0.3) is 0 Å². The maximum Gasteiger partial charge on any atom is -0.0443 e.